The van der Waals surface area contributed by atoms with E-state index in [4.69, 9.17) is 4.74 Å². The normalized spacial score (nSPS) is 18.2. The average molecular weight is 366 g/mol. The zero-order valence-electron chi connectivity index (χ0n) is 15.2. The van der Waals surface area contributed by atoms with Gasteiger partial charge in [0.15, 0.2) is 5.82 Å². The molecule has 3 aromatic rings. The summed E-state index contributed by atoms with van der Waals surface area (Å²) in [7, 11) is 0. The summed E-state index contributed by atoms with van der Waals surface area (Å²) in [4.78, 5) is 10.2. The predicted molar refractivity (Wildman–Crippen MR) is 103 cm³/mol. The van der Waals surface area contributed by atoms with Gasteiger partial charge in [0.05, 0.1) is 17.9 Å². The molecule has 2 fully saturated rings. The fourth-order valence-electron chi connectivity index (χ4n) is 3.86. The minimum absolute atomic E-state index is 0.180. The van der Waals surface area contributed by atoms with Crippen LogP contribution in [-0.4, -0.2) is 33.7 Å². The summed E-state index contributed by atoms with van der Waals surface area (Å²) in [6.45, 7) is 2.74. The number of benzene rings is 1. The van der Waals surface area contributed by atoms with Gasteiger partial charge in [0.1, 0.15) is 11.9 Å². The van der Waals surface area contributed by atoms with E-state index in [1.54, 1.807) is 0 Å². The van der Waals surface area contributed by atoms with Gasteiger partial charge in [-0.3, -0.25) is 0 Å². The molecule has 0 amide bonds. The molecule has 5 rings (SSSR count). The minimum Gasteiger partial charge on any atom is -0.490 e. The first-order chi connectivity index (χ1) is 13.3. The zero-order chi connectivity index (χ0) is 18.2. The van der Waals surface area contributed by atoms with Gasteiger partial charge in [0.25, 0.3) is 0 Å². The van der Waals surface area contributed by atoms with Crippen molar-refractivity contribution >= 4 is 16.9 Å². The Kier molecular flexibility index (Phi) is 4.19. The second-order valence-electron chi connectivity index (χ2n) is 7.61. The fraction of sp³-hybridized carbons (Fsp3) is 0.429. The van der Waals surface area contributed by atoms with Crippen LogP contribution in [0, 0.1) is 11.7 Å². The molecule has 2 aromatic heterocycles. The molecule has 0 radical (unpaired) electrons. The molecule has 0 spiro atoms. The number of nitrogens with zero attached hydrogens (tertiary/aromatic N) is 4. The van der Waals surface area contributed by atoms with Gasteiger partial charge in [-0.25, -0.2) is 14.4 Å². The highest BCUT2D eigenvalue weighted by Crippen LogP contribution is 2.34. The van der Waals surface area contributed by atoms with Crippen molar-refractivity contribution < 1.29 is 9.13 Å². The maximum atomic E-state index is 13.0. The highest BCUT2D eigenvalue weighted by molar-refractivity contribution is 5.86. The number of piperidine rings is 1. The van der Waals surface area contributed by atoms with E-state index < -0.39 is 5.82 Å². The number of rotatable bonds is 5. The van der Waals surface area contributed by atoms with E-state index in [9.17, 15) is 4.39 Å². The van der Waals surface area contributed by atoms with Crippen molar-refractivity contribution in [2.24, 2.45) is 5.92 Å². The summed E-state index contributed by atoms with van der Waals surface area (Å²) in [5.74, 6) is 2.01. The Balaban J connectivity index is 1.26. The standard InChI is InChI=1S/C21H23FN4O/c22-16-12-23-21(24-13-16)25-9-6-17(7-10-25)27-20-3-1-2-19-18(20)8-11-26(19)14-15-4-5-15/h1-3,8,11-13,15,17H,4-7,9-10,14H2. The molecule has 2 aliphatic rings. The van der Waals surface area contributed by atoms with E-state index >= 15 is 0 Å². The van der Waals surface area contributed by atoms with Crippen molar-refractivity contribution in [3.63, 3.8) is 0 Å². The van der Waals surface area contributed by atoms with Crippen molar-refractivity contribution in [3.05, 3.63) is 48.7 Å². The molecule has 5 nitrogen and oxygen atoms in total. The number of ether oxygens (including phenoxy) is 1. The van der Waals surface area contributed by atoms with Gasteiger partial charge in [-0.05, 0) is 37.0 Å². The third kappa shape index (κ3) is 3.48. The maximum Gasteiger partial charge on any atom is 0.225 e. The Bertz CT molecular complexity index is 927. The molecule has 0 atom stereocenters. The fourth-order valence-corrected chi connectivity index (χ4v) is 3.86. The molecule has 1 aromatic carbocycles. The predicted octanol–water partition coefficient (Wildman–Crippen LogP) is 4.03. The lowest BCUT2D eigenvalue weighted by Gasteiger charge is -2.32. The Morgan fingerprint density at radius 3 is 2.56 bits per heavy atom. The van der Waals surface area contributed by atoms with Gasteiger partial charge in [-0.2, -0.15) is 0 Å². The summed E-state index contributed by atoms with van der Waals surface area (Å²) in [6.07, 6.45) is 9.32. The van der Waals surface area contributed by atoms with Crippen molar-refractivity contribution in [1.29, 1.82) is 0 Å². The van der Waals surface area contributed by atoms with Gasteiger partial charge in [-0.15, -0.1) is 0 Å². The summed E-state index contributed by atoms with van der Waals surface area (Å²) in [6, 6.07) is 8.51. The van der Waals surface area contributed by atoms with Crippen LogP contribution in [0.25, 0.3) is 10.9 Å². The molecule has 3 heterocycles. The molecule has 0 bridgehead atoms. The van der Waals surface area contributed by atoms with Crippen molar-refractivity contribution in [2.75, 3.05) is 18.0 Å². The minimum atomic E-state index is -0.404. The van der Waals surface area contributed by atoms with Gasteiger partial charge < -0.3 is 14.2 Å². The molecule has 0 unspecified atom stereocenters. The largest absolute Gasteiger partial charge is 0.490 e. The van der Waals surface area contributed by atoms with Crippen LogP contribution in [0.15, 0.2) is 42.9 Å². The molecule has 140 valence electrons. The first-order valence-electron chi connectivity index (χ1n) is 9.73. The first-order valence-corrected chi connectivity index (χ1v) is 9.73. The van der Waals surface area contributed by atoms with Crippen LogP contribution in [0.1, 0.15) is 25.7 Å². The number of aromatic nitrogens is 3. The van der Waals surface area contributed by atoms with E-state index in [0.29, 0.717) is 5.95 Å². The van der Waals surface area contributed by atoms with E-state index in [2.05, 4.69) is 49.9 Å². The second kappa shape index (κ2) is 6.83. The van der Waals surface area contributed by atoms with E-state index in [1.807, 2.05) is 0 Å². The molecule has 27 heavy (non-hydrogen) atoms. The van der Waals surface area contributed by atoms with Gasteiger partial charge in [-0.1, -0.05) is 6.07 Å². The second-order valence-corrected chi connectivity index (χ2v) is 7.61. The molecule has 1 aliphatic carbocycles. The molecular formula is C21H23FN4O. The number of hydrogen-bond donors (Lipinski definition) is 0. The third-order valence-electron chi connectivity index (χ3n) is 5.55. The summed E-state index contributed by atoms with van der Waals surface area (Å²) in [5, 5.41) is 1.20. The quantitative estimate of drug-likeness (QED) is 0.684. The van der Waals surface area contributed by atoms with Crippen LogP contribution in [0.5, 0.6) is 5.75 Å². The first kappa shape index (κ1) is 16.5. The third-order valence-corrected chi connectivity index (χ3v) is 5.55. The summed E-state index contributed by atoms with van der Waals surface area (Å²) < 4.78 is 21.7. The Morgan fingerprint density at radius 1 is 1.04 bits per heavy atom. The topological polar surface area (TPSA) is 43.2 Å². The number of fused-ring (bicyclic) bond motifs is 1. The van der Waals surface area contributed by atoms with Crippen molar-refractivity contribution in [1.82, 2.24) is 14.5 Å². The summed E-state index contributed by atoms with van der Waals surface area (Å²) in [5.41, 5.74) is 1.26. The number of anilines is 1. The Hall–Kier alpha value is -2.63. The van der Waals surface area contributed by atoms with E-state index in [-0.39, 0.29) is 6.10 Å². The van der Waals surface area contributed by atoms with Crippen LogP contribution < -0.4 is 9.64 Å². The number of hydrogen-bond acceptors (Lipinski definition) is 4. The lowest BCUT2D eigenvalue weighted by molar-refractivity contribution is 0.172. The van der Waals surface area contributed by atoms with Crippen LogP contribution in [0.2, 0.25) is 0 Å². The van der Waals surface area contributed by atoms with Gasteiger partial charge in [0, 0.05) is 44.1 Å². The van der Waals surface area contributed by atoms with Crippen LogP contribution in [0.4, 0.5) is 10.3 Å². The highest BCUT2D eigenvalue weighted by atomic mass is 19.1. The molecule has 0 N–H and O–H groups in total. The smallest absolute Gasteiger partial charge is 0.225 e. The SMILES string of the molecule is Fc1cnc(N2CCC(Oc3cccc4c3ccn4CC3CC3)CC2)nc1. The maximum absolute atomic E-state index is 13.0. The van der Waals surface area contributed by atoms with Crippen molar-refractivity contribution in [3.8, 4) is 5.75 Å². The van der Waals surface area contributed by atoms with Gasteiger partial charge >= 0.3 is 0 Å². The Morgan fingerprint density at radius 2 is 1.81 bits per heavy atom. The monoisotopic (exact) mass is 366 g/mol. The van der Waals surface area contributed by atoms with Crippen molar-refractivity contribution in [2.45, 2.75) is 38.3 Å². The lowest BCUT2D eigenvalue weighted by Crippen LogP contribution is -2.39. The molecule has 1 saturated carbocycles. The average Bonchev–Trinajstić information content (AvgIpc) is 3.42. The van der Waals surface area contributed by atoms with Crippen LogP contribution in [-0.2, 0) is 6.54 Å². The van der Waals surface area contributed by atoms with Gasteiger partial charge in [0.2, 0.25) is 5.95 Å². The Labute approximate surface area is 157 Å². The molecular weight excluding hydrogens is 343 g/mol. The summed E-state index contributed by atoms with van der Waals surface area (Å²) >= 11 is 0. The zero-order valence-corrected chi connectivity index (χ0v) is 15.2. The molecule has 1 aliphatic heterocycles. The van der Waals surface area contributed by atoms with Crippen LogP contribution in [0.3, 0.4) is 0 Å². The molecule has 1 saturated heterocycles. The van der Waals surface area contributed by atoms with Crippen LogP contribution >= 0.6 is 0 Å². The number of halogens is 1. The lowest BCUT2D eigenvalue weighted by atomic mass is 10.1. The van der Waals surface area contributed by atoms with E-state index in [1.165, 1.54) is 36.1 Å². The highest BCUT2D eigenvalue weighted by Gasteiger charge is 2.24. The van der Waals surface area contributed by atoms with E-state index in [0.717, 1.165) is 44.1 Å². The molecule has 6 heteroatoms.